The molecule has 0 saturated heterocycles. The van der Waals surface area contributed by atoms with Crippen LogP contribution in [0.5, 0.6) is 5.75 Å². The number of ether oxygens (including phenoxy) is 1. The van der Waals surface area contributed by atoms with Gasteiger partial charge in [-0.2, -0.15) is 0 Å². The van der Waals surface area contributed by atoms with Crippen LogP contribution in [0.1, 0.15) is 16.7 Å². The highest BCUT2D eigenvalue weighted by Gasteiger charge is 1.98. The summed E-state index contributed by atoms with van der Waals surface area (Å²) in [5, 5.41) is 3.84. The van der Waals surface area contributed by atoms with Gasteiger partial charge in [0.1, 0.15) is 18.6 Å². The monoisotopic (exact) mass is 266 g/mol. The van der Waals surface area contributed by atoms with E-state index in [9.17, 15) is 0 Å². The molecule has 0 aliphatic carbocycles. The zero-order valence-electron chi connectivity index (χ0n) is 11.4. The molecule has 2 aromatic rings. The smallest absolute Gasteiger partial charge is 0.143 e. The first-order valence-corrected chi connectivity index (χ1v) is 6.26. The second-order valence-corrected chi connectivity index (χ2v) is 4.12. The van der Waals surface area contributed by atoms with E-state index in [2.05, 4.69) is 17.9 Å². The fraction of sp³-hybridized carbons (Fsp3) is 0.118. The van der Waals surface area contributed by atoms with Crippen molar-refractivity contribution in [2.24, 2.45) is 5.16 Å². The van der Waals surface area contributed by atoms with E-state index in [1.165, 1.54) is 0 Å². The van der Waals surface area contributed by atoms with Crippen LogP contribution < -0.4 is 4.74 Å². The number of para-hydroxylation sites is 1. The van der Waals surface area contributed by atoms with E-state index in [0.717, 1.165) is 22.4 Å². The molecule has 2 rings (SSSR count). The van der Waals surface area contributed by atoms with Crippen LogP contribution in [0.4, 0.5) is 0 Å². The molecule has 2 aromatic carbocycles. The maximum absolute atomic E-state index is 5.23. The molecule has 0 spiro atoms. The number of methoxy groups -OCH3 is 1. The van der Waals surface area contributed by atoms with Crippen molar-refractivity contribution >= 4 is 12.3 Å². The van der Waals surface area contributed by atoms with Crippen LogP contribution in [-0.2, 0) is 11.4 Å². The molecule has 0 aliphatic heterocycles. The first-order valence-electron chi connectivity index (χ1n) is 6.26. The van der Waals surface area contributed by atoms with Gasteiger partial charge in [-0.1, -0.05) is 54.2 Å². The number of hydrogen-bond acceptors (Lipinski definition) is 3. The van der Waals surface area contributed by atoms with E-state index in [4.69, 9.17) is 9.57 Å². The normalized spacial score (nSPS) is 10.4. The quantitative estimate of drug-likeness (QED) is 0.588. The maximum atomic E-state index is 5.23. The minimum absolute atomic E-state index is 0.402. The zero-order chi connectivity index (χ0) is 14.2. The Kier molecular flexibility index (Phi) is 4.95. The van der Waals surface area contributed by atoms with E-state index in [0.29, 0.717) is 6.61 Å². The van der Waals surface area contributed by atoms with E-state index < -0.39 is 0 Å². The van der Waals surface area contributed by atoms with Gasteiger partial charge in [0.2, 0.25) is 0 Å². The molecular weight excluding hydrogens is 250 g/mol. The molecule has 0 N–H and O–H groups in total. The fourth-order valence-electron chi connectivity index (χ4n) is 1.68. The van der Waals surface area contributed by atoms with Crippen molar-refractivity contribution in [3.05, 3.63) is 71.8 Å². The summed E-state index contributed by atoms with van der Waals surface area (Å²) >= 11 is 0. The lowest BCUT2D eigenvalue weighted by atomic mass is 10.1. The first-order chi connectivity index (χ1) is 9.83. The van der Waals surface area contributed by atoms with Crippen molar-refractivity contribution in [1.29, 1.82) is 0 Å². The van der Waals surface area contributed by atoms with Crippen molar-refractivity contribution in [2.75, 3.05) is 7.11 Å². The molecule has 0 bridgehead atoms. The topological polar surface area (TPSA) is 30.8 Å². The van der Waals surface area contributed by atoms with Crippen LogP contribution in [0.25, 0.3) is 6.08 Å². The molecule has 3 heteroatoms. The van der Waals surface area contributed by atoms with Gasteiger partial charge in [0, 0.05) is 5.56 Å². The molecule has 101 valence electrons. The highest BCUT2D eigenvalue weighted by Crippen LogP contribution is 2.14. The number of rotatable bonds is 6. The number of nitrogens with zero attached hydrogens (tertiary/aromatic N) is 1. The van der Waals surface area contributed by atoms with Crippen LogP contribution >= 0.6 is 0 Å². The molecule has 0 heterocycles. The molecule has 1 radical (unpaired) electrons. The molecule has 0 unspecified atom stereocenters. The maximum Gasteiger partial charge on any atom is 0.143 e. The summed E-state index contributed by atoms with van der Waals surface area (Å²) in [4.78, 5) is 5.23. The lowest BCUT2D eigenvalue weighted by Gasteiger charge is -2.03. The third-order valence-electron chi connectivity index (χ3n) is 2.78. The summed E-state index contributed by atoms with van der Waals surface area (Å²) in [7, 11) is 1.61. The van der Waals surface area contributed by atoms with Gasteiger partial charge in [0.15, 0.2) is 0 Å². The van der Waals surface area contributed by atoms with Gasteiger partial charge < -0.3 is 9.57 Å². The van der Waals surface area contributed by atoms with E-state index in [1.807, 2.05) is 48.5 Å². The van der Waals surface area contributed by atoms with E-state index >= 15 is 0 Å². The first kappa shape index (κ1) is 13.9. The number of benzene rings is 2. The molecule has 0 aromatic heterocycles. The summed E-state index contributed by atoms with van der Waals surface area (Å²) in [6.07, 6.45) is 4.62. The molecule has 0 saturated carbocycles. The van der Waals surface area contributed by atoms with Crippen LogP contribution in [0.3, 0.4) is 0 Å². The summed E-state index contributed by atoms with van der Waals surface area (Å²) in [5.74, 6) is 0.718. The minimum atomic E-state index is 0.402. The van der Waals surface area contributed by atoms with Gasteiger partial charge in [0.05, 0.1) is 7.11 Å². The number of hydrogen-bond donors (Lipinski definition) is 0. The predicted octanol–water partition coefficient (Wildman–Crippen LogP) is 3.77. The van der Waals surface area contributed by atoms with Gasteiger partial charge in [-0.3, -0.25) is 0 Å². The third-order valence-corrected chi connectivity index (χ3v) is 2.78. The molecule has 3 nitrogen and oxygen atoms in total. The highest BCUT2D eigenvalue weighted by molar-refractivity contribution is 5.82. The van der Waals surface area contributed by atoms with Crippen LogP contribution in [-0.4, -0.2) is 13.3 Å². The molecule has 20 heavy (non-hydrogen) atoms. The van der Waals surface area contributed by atoms with Crippen molar-refractivity contribution in [3.8, 4) is 5.75 Å². The van der Waals surface area contributed by atoms with Crippen LogP contribution in [0.15, 0.2) is 60.3 Å². The van der Waals surface area contributed by atoms with Gasteiger partial charge in [-0.15, -0.1) is 0 Å². The van der Waals surface area contributed by atoms with E-state index in [-0.39, 0.29) is 0 Å². The standard InChI is InChI=1S/C17H16NO2/c1-3-14-8-10-15(11-9-14)13-20-18-12-16-6-4-5-7-17(16)19-2/h3-11H,1,13H2,2H3. The van der Waals surface area contributed by atoms with E-state index in [1.54, 1.807) is 13.2 Å². The Labute approximate surface area is 119 Å². The molecular formula is C17H16NO2. The van der Waals surface area contributed by atoms with Gasteiger partial charge in [0.25, 0.3) is 0 Å². The molecule has 0 amide bonds. The largest absolute Gasteiger partial charge is 0.496 e. The highest BCUT2D eigenvalue weighted by atomic mass is 16.6. The summed E-state index contributed by atoms with van der Waals surface area (Å²) in [5.41, 5.74) is 2.89. The zero-order valence-corrected chi connectivity index (χ0v) is 11.4. The van der Waals surface area contributed by atoms with Gasteiger partial charge in [-0.25, -0.2) is 0 Å². The van der Waals surface area contributed by atoms with Crippen molar-refractivity contribution in [2.45, 2.75) is 6.61 Å². The second-order valence-electron chi connectivity index (χ2n) is 4.12. The Hall–Kier alpha value is -2.55. The van der Waals surface area contributed by atoms with Crippen molar-refractivity contribution in [3.63, 3.8) is 0 Å². The Morgan fingerprint density at radius 1 is 1.15 bits per heavy atom. The average Bonchev–Trinajstić information content (AvgIpc) is 2.52. The lowest BCUT2D eigenvalue weighted by Crippen LogP contribution is -1.91. The SMILES string of the molecule is C=Cc1ccc(CO/N=[C]\c2ccccc2OC)cc1. The Bertz CT molecular complexity index is 588. The summed E-state index contributed by atoms with van der Waals surface area (Å²) in [6, 6.07) is 15.4. The lowest BCUT2D eigenvalue weighted by molar-refractivity contribution is 0.132. The molecule has 0 aliphatic rings. The minimum Gasteiger partial charge on any atom is -0.496 e. The Balaban J connectivity index is 1.91. The fourth-order valence-corrected chi connectivity index (χ4v) is 1.68. The average molecular weight is 266 g/mol. The van der Waals surface area contributed by atoms with Crippen LogP contribution in [0.2, 0.25) is 0 Å². The predicted molar refractivity (Wildman–Crippen MR) is 80.9 cm³/mol. The van der Waals surface area contributed by atoms with Crippen LogP contribution in [0, 0.1) is 0 Å². The second kappa shape index (κ2) is 7.14. The van der Waals surface area contributed by atoms with Gasteiger partial charge >= 0.3 is 0 Å². The molecule has 0 atom stereocenters. The Morgan fingerprint density at radius 3 is 2.60 bits per heavy atom. The third kappa shape index (κ3) is 3.72. The Morgan fingerprint density at radius 2 is 1.90 bits per heavy atom. The van der Waals surface area contributed by atoms with Crippen molar-refractivity contribution < 1.29 is 9.57 Å². The van der Waals surface area contributed by atoms with Crippen molar-refractivity contribution in [1.82, 2.24) is 0 Å². The van der Waals surface area contributed by atoms with Gasteiger partial charge in [-0.05, 0) is 23.3 Å². The summed E-state index contributed by atoms with van der Waals surface area (Å²) in [6.45, 7) is 4.12. The molecule has 0 fully saturated rings. The summed E-state index contributed by atoms with van der Waals surface area (Å²) < 4.78 is 5.20.